The van der Waals surface area contributed by atoms with Crippen molar-refractivity contribution in [3.05, 3.63) is 64.0 Å². The van der Waals surface area contributed by atoms with E-state index in [0.29, 0.717) is 4.88 Å². The molecule has 1 aliphatic heterocycles. The summed E-state index contributed by atoms with van der Waals surface area (Å²) < 4.78 is 0. The number of aromatic nitrogens is 1. The zero-order chi connectivity index (χ0) is 21.1. The summed E-state index contributed by atoms with van der Waals surface area (Å²) in [5.41, 5.74) is 4.96. The van der Waals surface area contributed by atoms with Crippen molar-refractivity contribution in [2.24, 2.45) is 0 Å². The van der Waals surface area contributed by atoms with E-state index in [1.54, 1.807) is 0 Å². The van der Waals surface area contributed by atoms with Gasteiger partial charge in [-0.2, -0.15) is 0 Å². The van der Waals surface area contributed by atoms with Crippen molar-refractivity contribution in [1.82, 2.24) is 9.88 Å². The van der Waals surface area contributed by atoms with Crippen LogP contribution >= 0.6 is 11.3 Å². The van der Waals surface area contributed by atoms with E-state index in [1.807, 2.05) is 43.3 Å². The molecule has 3 aromatic rings. The van der Waals surface area contributed by atoms with E-state index < -0.39 is 0 Å². The number of thiazole rings is 1. The monoisotopic (exact) mass is 420 g/mol. The molecular formula is C24H28N4OS. The maximum atomic E-state index is 13.0. The van der Waals surface area contributed by atoms with Gasteiger partial charge in [-0.25, -0.2) is 4.98 Å². The molecule has 5 nitrogen and oxygen atoms in total. The van der Waals surface area contributed by atoms with Crippen LogP contribution in [0.25, 0.3) is 11.3 Å². The minimum absolute atomic E-state index is 0.108. The number of nitrogens with one attached hydrogen (secondary N) is 1. The Hall–Kier alpha value is -2.70. The summed E-state index contributed by atoms with van der Waals surface area (Å²) in [5.74, 6) is -0.108. The number of carbonyl (C=O) groups excluding carboxylic acids is 1. The highest BCUT2D eigenvalue weighted by molar-refractivity contribution is 7.14. The summed E-state index contributed by atoms with van der Waals surface area (Å²) in [5, 5.41) is 3.96. The summed E-state index contributed by atoms with van der Waals surface area (Å²) in [6.45, 7) is 11.7. The van der Waals surface area contributed by atoms with Crippen LogP contribution in [0.3, 0.4) is 0 Å². The van der Waals surface area contributed by atoms with Crippen molar-refractivity contribution >= 4 is 28.6 Å². The third kappa shape index (κ3) is 4.40. The average molecular weight is 421 g/mol. The third-order valence-electron chi connectivity index (χ3n) is 5.60. The maximum absolute atomic E-state index is 13.0. The van der Waals surface area contributed by atoms with Crippen molar-refractivity contribution in [2.45, 2.75) is 20.8 Å². The first-order valence-electron chi connectivity index (χ1n) is 10.5. The quantitative estimate of drug-likeness (QED) is 0.643. The average Bonchev–Trinajstić information content (AvgIpc) is 3.16. The normalized spacial score (nSPS) is 14.7. The van der Waals surface area contributed by atoms with Gasteiger partial charge in [-0.1, -0.05) is 37.3 Å². The van der Waals surface area contributed by atoms with Gasteiger partial charge in [-0.05, 0) is 44.2 Å². The molecule has 1 amide bonds. The van der Waals surface area contributed by atoms with E-state index in [1.165, 1.54) is 22.6 Å². The van der Waals surface area contributed by atoms with Gasteiger partial charge in [0.15, 0.2) is 0 Å². The van der Waals surface area contributed by atoms with Crippen LogP contribution in [0.4, 0.5) is 11.4 Å². The van der Waals surface area contributed by atoms with E-state index in [0.717, 1.165) is 54.7 Å². The lowest BCUT2D eigenvalue weighted by Gasteiger charge is -2.36. The van der Waals surface area contributed by atoms with Gasteiger partial charge in [-0.3, -0.25) is 4.79 Å². The van der Waals surface area contributed by atoms with Crippen LogP contribution in [-0.2, 0) is 0 Å². The predicted octanol–water partition coefficient (Wildman–Crippen LogP) is 4.82. The van der Waals surface area contributed by atoms with Crippen LogP contribution < -0.4 is 10.2 Å². The molecule has 1 N–H and O–H groups in total. The van der Waals surface area contributed by atoms with E-state index >= 15 is 0 Å². The Labute approximate surface area is 182 Å². The molecule has 0 unspecified atom stereocenters. The highest BCUT2D eigenvalue weighted by Crippen LogP contribution is 2.30. The Balaban J connectivity index is 1.50. The van der Waals surface area contributed by atoms with Gasteiger partial charge in [0, 0.05) is 43.1 Å². The molecule has 4 rings (SSSR count). The summed E-state index contributed by atoms with van der Waals surface area (Å²) in [7, 11) is 0. The zero-order valence-corrected chi connectivity index (χ0v) is 18.6. The lowest BCUT2D eigenvalue weighted by atomic mass is 10.1. The van der Waals surface area contributed by atoms with Crippen LogP contribution in [-0.4, -0.2) is 48.5 Å². The highest BCUT2D eigenvalue weighted by Gasteiger charge is 2.20. The lowest BCUT2D eigenvalue weighted by molar-refractivity contribution is 0.103. The summed E-state index contributed by atoms with van der Waals surface area (Å²) in [6, 6.07) is 16.1. The Morgan fingerprint density at radius 2 is 1.80 bits per heavy atom. The Morgan fingerprint density at radius 1 is 1.07 bits per heavy atom. The molecule has 0 radical (unpaired) electrons. The molecule has 156 valence electrons. The van der Waals surface area contributed by atoms with Gasteiger partial charge in [-0.15, -0.1) is 11.3 Å². The second-order valence-electron chi connectivity index (χ2n) is 7.65. The number of nitrogens with zero attached hydrogens (tertiary/aromatic N) is 3. The van der Waals surface area contributed by atoms with E-state index in [4.69, 9.17) is 0 Å². The molecule has 0 atom stereocenters. The number of benzene rings is 2. The van der Waals surface area contributed by atoms with Crippen LogP contribution in [0.5, 0.6) is 0 Å². The minimum atomic E-state index is -0.108. The van der Waals surface area contributed by atoms with Gasteiger partial charge < -0.3 is 15.1 Å². The van der Waals surface area contributed by atoms with E-state index in [9.17, 15) is 4.79 Å². The fourth-order valence-corrected chi connectivity index (χ4v) is 4.79. The predicted molar refractivity (Wildman–Crippen MR) is 126 cm³/mol. The standard InChI is InChI=1S/C24H28N4OS/c1-4-27-12-14-28(15-13-27)21-11-10-20(16-17(21)2)26-24(29)23-22(25-18(3)30-23)19-8-6-5-7-9-19/h5-11,16H,4,12-15H2,1-3H3,(H,26,29). The van der Waals surface area contributed by atoms with Crippen molar-refractivity contribution < 1.29 is 4.79 Å². The highest BCUT2D eigenvalue weighted by atomic mass is 32.1. The number of rotatable bonds is 5. The molecule has 0 saturated carbocycles. The SMILES string of the molecule is CCN1CCN(c2ccc(NC(=O)c3sc(C)nc3-c3ccccc3)cc2C)CC1. The first-order valence-corrected chi connectivity index (χ1v) is 11.3. The van der Waals surface area contributed by atoms with Crippen LogP contribution in [0.15, 0.2) is 48.5 Å². The number of hydrogen-bond acceptors (Lipinski definition) is 5. The smallest absolute Gasteiger partial charge is 0.268 e. The topological polar surface area (TPSA) is 48.5 Å². The Bertz CT molecular complexity index is 1020. The van der Waals surface area contributed by atoms with Crippen molar-refractivity contribution in [1.29, 1.82) is 0 Å². The van der Waals surface area contributed by atoms with Gasteiger partial charge in [0.25, 0.3) is 5.91 Å². The maximum Gasteiger partial charge on any atom is 0.268 e. The van der Waals surface area contributed by atoms with Gasteiger partial charge >= 0.3 is 0 Å². The first kappa shape index (κ1) is 20.6. The third-order valence-corrected chi connectivity index (χ3v) is 6.57. The number of aryl methyl sites for hydroxylation is 2. The Morgan fingerprint density at radius 3 is 2.47 bits per heavy atom. The fraction of sp³-hybridized carbons (Fsp3) is 0.333. The molecule has 2 heterocycles. The number of anilines is 2. The van der Waals surface area contributed by atoms with Gasteiger partial charge in [0.1, 0.15) is 4.88 Å². The summed E-state index contributed by atoms with van der Waals surface area (Å²) in [6.07, 6.45) is 0. The molecule has 1 aliphatic rings. The fourth-order valence-electron chi connectivity index (χ4n) is 3.95. The second kappa shape index (κ2) is 8.98. The molecule has 0 aliphatic carbocycles. The van der Waals surface area contributed by atoms with E-state index in [2.05, 4.69) is 46.1 Å². The van der Waals surface area contributed by atoms with Crippen LogP contribution in [0.1, 0.15) is 27.2 Å². The molecular weight excluding hydrogens is 392 g/mol. The minimum Gasteiger partial charge on any atom is -0.369 e. The molecule has 30 heavy (non-hydrogen) atoms. The molecule has 1 fully saturated rings. The zero-order valence-electron chi connectivity index (χ0n) is 17.8. The number of carbonyl (C=O) groups is 1. The van der Waals surface area contributed by atoms with Gasteiger partial charge in [0.2, 0.25) is 0 Å². The van der Waals surface area contributed by atoms with Crippen molar-refractivity contribution in [3.63, 3.8) is 0 Å². The second-order valence-corrected chi connectivity index (χ2v) is 8.86. The summed E-state index contributed by atoms with van der Waals surface area (Å²) >= 11 is 1.43. The molecule has 2 aromatic carbocycles. The van der Waals surface area contributed by atoms with Crippen LogP contribution in [0.2, 0.25) is 0 Å². The molecule has 1 saturated heterocycles. The number of amides is 1. The molecule has 0 bridgehead atoms. The first-order chi connectivity index (χ1) is 14.5. The molecule has 6 heteroatoms. The van der Waals surface area contributed by atoms with Gasteiger partial charge in [0.05, 0.1) is 10.7 Å². The van der Waals surface area contributed by atoms with Crippen molar-refractivity contribution in [2.75, 3.05) is 42.9 Å². The Kier molecular flexibility index (Phi) is 6.16. The summed E-state index contributed by atoms with van der Waals surface area (Å²) in [4.78, 5) is 23.2. The number of hydrogen-bond donors (Lipinski definition) is 1. The van der Waals surface area contributed by atoms with Crippen molar-refractivity contribution in [3.8, 4) is 11.3 Å². The lowest BCUT2D eigenvalue weighted by Crippen LogP contribution is -2.46. The molecule has 0 spiro atoms. The number of piperazine rings is 1. The molecule has 1 aromatic heterocycles. The van der Waals surface area contributed by atoms with Crippen LogP contribution in [0, 0.1) is 13.8 Å². The number of likely N-dealkylation sites (N-methyl/N-ethyl adjacent to an activating group) is 1. The largest absolute Gasteiger partial charge is 0.369 e. The van der Waals surface area contributed by atoms with E-state index in [-0.39, 0.29) is 5.91 Å².